The largest absolute Gasteiger partial charge is 0.149 e. The zero-order chi connectivity index (χ0) is 8.93. The highest BCUT2D eigenvalue weighted by atomic mass is 32.1. The minimum atomic E-state index is 1.05. The van der Waals surface area contributed by atoms with Crippen LogP contribution in [0.4, 0.5) is 0 Å². The first-order chi connectivity index (χ1) is 6.45. The molecular formula is C11H10S2. The molecule has 0 bridgehead atoms. The summed E-state index contributed by atoms with van der Waals surface area (Å²) < 4.78 is 0. The Morgan fingerprint density at radius 2 is 1.92 bits per heavy atom. The molecule has 2 aromatic rings. The van der Waals surface area contributed by atoms with Crippen molar-refractivity contribution in [3.05, 3.63) is 50.9 Å². The van der Waals surface area contributed by atoms with Crippen LogP contribution in [0.25, 0.3) is 6.08 Å². The van der Waals surface area contributed by atoms with Crippen molar-refractivity contribution in [3.8, 4) is 0 Å². The van der Waals surface area contributed by atoms with Crippen molar-refractivity contribution in [2.45, 2.75) is 6.42 Å². The molecule has 66 valence electrons. The lowest BCUT2D eigenvalue weighted by Gasteiger charge is -1.86. The van der Waals surface area contributed by atoms with Gasteiger partial charge in [0.2, 0.25) is 0 Å². The molecule has 0 aliphatic rings. The van der Waals surface area contributed by atoms with Crippen LogP contribution >= 0.6 is 22.7 Å². The summed E-state index contributed by atoms with van der Waals surface area (Å²) >= 11 is 3.59. The zero-order valence-electron chi connectivity index (χ0n) is 7.14. The molecule has 0 saturated heterocycles. The lowest BCUT2D eigenvalue weighted by molar-refractivity contribution is 1.36. The predicted octanol–water partition coefficient (Wildman–Crippen LogP) is 4.07. The molecule has 2 heterocycles. The average Bonchev–Trinajstić information content (AvgIpc) is 2.75. The summed E-state index contributed by atoms with van der Waals surface area (Å²) in [5, 5.41) is 4.22. The lowest BCUT2D eigenvalue weighted by atomic mass is 10.3. The van der Waals surface area contributed by atoms with Crippen LogP contribution in [0.1, 0.15) is 9.75 Å². The molecule has 0 N–H and O–H groups in total. The van der Waals surface area contributed by atoms with Gasteiger partial charge in [-0.25, -0.2) is 0 Å². The first kappa shape index (κ1) is 8.73. The fourth-order valence-corrected chi connectivity index (χ4v) is 2.43. The van der Waals surface area contributed by atoms with Crippen molar-refractivity contribution >= 4 is 28.7 Å². The molecule has 0 saturated carbocycles. The Balaban J connectivity index is 1.93. The van der Waals surface area contributed by atoms with Crippen molar-refractivity contribution in [1.29, 1.82) is 0 Å². The number of allylic oxidation sites excluding steroid dienone is 1. The molecule has 0 atom stereocenters. The third kappa shape index (κ3) is 2.54. The minimum Gasteiger partial charge on any atom is -0.149 e. The average molecular weight is 206 g/mol. The van der Waals surface area contributed by atoms with E-state index in [9.17, 15) is 0 Å². The van der Waals surface area contributed by atoms with Crippen LogP contribution in [-0.4, -0.2) is 0 Å². The lowest BCUT2D eigenvalue weighted by Crippen LogP contribution is -1.70. The van der Waals surface area contributed by atoms with Crippen LogP contribution in [0.2, 0.25) is 0 Å². The van der Waals surface area contributed by atoms with E-state index in [-0.39, 0.29) is 0 Å². The smallest absolute Gasteiger partial charge is 0.0267 e. The normalized spacial score (nSPS) is 11.1. The number of hydrogen-bond donors (Lipinski definition) is 0. The number of thiophene rings is 2. The molecular weight excluding hydrogens is 196 g/mol. The van der Waals surface area contributed by atoms with Gasteiger partial charge in [-0.3, -0.25) is 0 Å². The van der Waals surface area contributed by atoms with Crippen LogP contribution in [0.5, 0.6) is 0 Å². The highest BCUT2D eigenvalue weighted by Crippen LogP contribution is 2.13. The van der Waals surface area contributed by atoms with Gasteiger partial charge in [-0.1, -0.05) is 18.2 Å². The van der Waals surface area contributed by atoms with Gasteiger partial charge in [0.05, 0.1) is 0 Å². The Kier molecular flexibility index (Phi) is 2.95. The topological polar surface area (TPSA) is 0 Å². The third-order valence-corrected chi connectivity index (χ3v) is 3.46. The maximum absolute atomic E-state index is 2.22. The Morgan fingerprint density at radius 1 is 1.08 bits per heavy atom. The summed E-state index contributed by atoms with van der Waals surface area (Å²) in [5.74, 6) is 0. The fraction of sp³-hybridized carbons (Fsp3) is 0.0909. The van der Waals surface area contributed by atoms with Crippen LogP contribution in [0.15, 0.2) is 41.1 Å². The summed E-state index contributed by atoms with van der Waals surface area (Å²) in [4.78, 5) is 2.75. The van der Waals surface area contributed by atoms with Crippen molar-refractivity contribution in [2.75, 3.05) is 0 Å². The Morgan fingerprint density at radius 3 is 2.62 bits per heavy atom. The second-order valence-electron chi connectivity index (χ2n) is 2.70. The first-order valence-corrected chi connectivity index (χ1v) is 5.93. The van der Waals surface area contributed by atoms with E-state index in [0.717, 1.165) is 6.42 Å². The van der Waals surface area contributed by atoms with Gasteiger partial charge in [0, 0.05) is 16.2 Å². The van der Waals surface area contributed by atoms with Gasteiger partial charge in [0.25, 0.3) is 0 Å². The highest BCUT2D eigenvalue weighted by Gasteiger charge is 1.89. The van der Waals surface area contributed by atoms with Gasteiger partial charge in [0.15, 0.2) is 0 Å². The van der Waals surface area contributed by atoms with Gasteiger partial charge >= 0.3 is 0 Å². The molecule has 2 heteroatoms. The van der Waals surface area contributed by atoms with E-state index in [1.165, 1.54) is 9.75 Å². The zero-order valence-corrected chi connectivity index (χ0v) is 8.78. The van der Waals surface area contributed by atoms with Crippen LogP contribution in [-0.2, 0) is 6.42 Å². The van der Waals surface area contributed by atoms with Crippen molar-refractivity contribution in [3.63, 3.8) is 0 Å². The second kappa shape index (κ2) is 4.40. The monoisotopic (exact) mass is 206 g/mol. The third-order valence-electron chi connectivity index (χ3n) is 1.72. The van der Waals surface area contributed by atoms with Crippen molar-refractivity contribution in [2.24, 2.45) is 0 Å². The Hall–Kier alpha value is -0.860. The molecule has 0 radical (unpaired) electrons. The van der Waals surface area contributed by atoms with Crippen LogP contribution in [0.3, 0.4) is 0 Å². The van der Waals surface area contributed by atoms with Crippen LogP contribution < -0.4 is 0 Å². The van der Waals surface area contributed by atoms with E-state index < -0.39 is 0 Å². The molecule has 2 rings (SSSR count). The van der Waals surface area contributed by atoms with E-state index >= 15 is 0 Å². The van der Waals surface area contributed by atoms with Gasteiger partial charge in [-0.05, 0) is 29.0 Å². The first-order valence-electron chi connectivity index (χ1n) is 4.17. The summed E-state index contributed by atoms with van der Waals surface area (Å²) in [6.07, 6.45) is 5.46. The molecule has 13 heavy (non-hydrogen) atoms. The van der Waals surface area contributed by atoms with Crippen LogP contribution in [0, 0.1) is 0 Å². The number of hydrogen-bond acceptors (Lipinski definition) is 2. The molecule has 0 amide bonds. The summed E-state index contributed by atoms with van der Waals surface area (Å²) in [6.45, 7) is 0. The van der Waals surface area contributed by atoms with Gasteiger partial charge in [0.1, 0.15) is 0 Å². The molecule has 0 fully saturated rings. The summed E-state index contributed by atoms with van der Waals surface area (Å²) in [6, 6.07) is 8.48. The maximum Gasteiger partial charge on any atom is 0.0267 e. The maximum atomic E-state index is 2.22. The standard InChI is InChI=1S/C11H10S2/c1(4-10-6-2-8-12-10)5-11-7-3-9-13-11/h1-4,6-9H,5H2. The van der Waals surface area contributed by atoms with E-state index in [1.54, 1.807) is 11.3 Å². The molecule has 0 spiro atoms. The molecule has 2 aromatic heterocycles. The van der Waals surface area contributed by atoms with Gasteiger partial charge < -0.3 is 0 Å². The molecule has 0 unspecified atom stereocenters. The van der Waals surface area contributed by atoms with Crippen molar-refractivity contribution < 1.29 is 0 Å². The van der Waals surface area contributed by atoms with E-state index in [1.807, 2.05) is 11.3 Å². The SMILES string of the molecule is C(=Cc1cccs1)Cc1cccs1. The summed E-state index contributed by atoms with van der Waals surface area (Å²) in [7, 11) is 0. The molecule has 0 aromatic carbocycles. The quantitative estimate of drug-likeness (QED) is 0.710. The second-order valence-corrected chi connectivity index (χ2v) is 4.71. The van der Waals surface area contributed by atoms with E-state index in [0.29, 0.717) is 0 Å². The van der Waals surface area contributed by atoms with Gasteiger partial charge in [-0.2, -0.15) is 0 Å². The minimum absolute atomic E-state index is 1.05. The fourth-order valence-electron chi connectivity index (χ4n) is 1.11. The predicted molar refractivity (Wildman–Crippen MR) is 61.4 cm³/mol. The van der Waals surface area contributed by atoms with E-state index in [4.69, 9.17) is 0 Å². The molecule has 0 aliphatic heterocycles. The van der Waals surface area contributed by atoms with E-state index in [2.05, 4.69) is 47.2 Å². The molecule has 0 nitrogen and oxygen atoms in total. The molecule has 0 aliphatic carbocycles. The Bertz CT molecular complexity index is 355. The Labute approximate surface area is 86.2 Å². The van der Waals surface area contributed by atoms with Gasteiger partial charge in [-0.15, -0.1) is 22.7 Å². The summed E-state index contributed by atoms with van der Waals surface area (Å²) in [5.41, 5.74) is 0. The highest BCUT2D eigenvalue weighted by molar-refractivity contribution is 7.11. The van der Waals surface area contributed by atoms with Crippen molar-refractivity contribution in [1.82, 2.24) is 0 Å². The number of rotatable bonds is 3.